The number of hydrogen-bond acceptors (Lipinski definition) is 2. The van der Waals surface area contributed by atoms with Gasteiger partial charge in [0.05, 0.1) is 5.56 Å². The molecule has 0 aliphatic heterocycles. The van der Waals surface area contributed by atoms with E-state index in [0.29, 0.717) is 12.5 Å². The van der Waals surface area contributed by atoms with Gasteiger partial charge in [0.2, 0.25) is 0 Å². The number of ether oxygens (including phenoxy) is 1. The van der Waals surface area contributed by atoms with Crippen molar-refractivity contribution in [1.82, 2.24) is 0 Å². The molecule has 2 aromatic rings. The quantitative estimate of drug-likeness (QED) is 0.850. The van der Waals surface area contributed by atoms with Gasteiger partial charge in [-0.25, -0.2) is 4.79 Å². The van der Waals surface area contributed by atoms with Gasteiger partial charge in [-0.1, -0.05) is 38.1 Å². The molecule has 1 unspecified atom stereocenters. The lowest BCUT2D eigenvalue weighted by molar-refractivity contribution is 0.0697. The first-order chi connectivity index (χ1) is 10.1. The van der Waals surface area contributed by atoms with E-state index in [9.17, 15) is 4.79 Å². The molecule has 110 valence electrons. The molecule has 1 N–H and O–H groups in total. The molecular weight excluding hydrogens is 264 g/mol. The second-order valence-electron chi connectivity index (χ2n) is 5.17. The Balaban J connectivity index is 1.95. The summed E-state index contributed by atoms with van der Waals surface area (Å²) < 4.78 is 5.71. The van der Waals surface area contributed by atoms with Crippen LogP contribution in [-0.4, -0.2) is 11.1 Å². The molecule has 0 aromatic heterocycles. The first-order valence-electron chi connectivity index (χ1n) is 7.15. The van der Waals surface area contributed by atoms with E-state index < -0.39 is 5.97 Å². The number of carbonyl (C=O) groups is 1. The largest absolute Gasteiger partial charge is 0.489 e. The van der Waals surface area contributed by atoms with Crippen LogP contribution in [-0.2, 0) is 6.61 Å². The molecular formula is C18H20O3. The molecule has 0 spiro atoms. The van der Waals surface area contributed by atoms with E-state index in [2.05, 4.69) is 26.0 Å². The Hall–Kier alpha value is -2.29. The molecule has 0 amide bonds. The van der Waals surface area contributed by atoms with Crippen LogP contribution in [0.1, 0.15) is 47.7 Å². The molecule has 21 heavy (non-hydrogen) atoms. The van der Waals surface area contributed by atoms with Gasteiger partial charge >= 0.3 is 5.97 Å². The fraction of sp³-hybridized carbons (Fsp3) is 0.278. The highest BCUT2D eigenvalue weighted by Crippen LogP contribution is 2.22. The molecule has 0 radical (unpaired) electrons. The zero-order valence-corrected chi connectivity index (χ0v) is 12.4. The van der Waals surface area contributed by atoms with Gasteiger partial charge in [0.1, 0.15) is 12.4 Å². The second kappa shape index (κ2) is 6.93. The standard InChI is InChI=1S/C18H20O3/c1-3-13(2)15-8-10-17(11-9-15)21-12-14-4-6-16(7-5-14)18(19)20/h4-11,13H,3,12H2,1-2H3,(H,19,20). The molecule has 0 bridgehead atoms. The minimum absolute atomic E-state index is 0.289. The lowest BCUT2D eigenvalue weighted by Crippen LogP contribution is -1.99. The highest BCUT2D eigenvalue weighted by Gasteiger charge is 2.04. The molecule has 2 aromatic carbocycles. The number of hydrogen-bond donors (Lipinski definition) is 1. The lowest BCUT2D eigenvalue weighted by atomic mass is 9.99. The Morgan fingerprint density at radius 3 is 2.24 bits per heavy atom. The van der Waals surface area contributed by atoms with Crippen molar-refractivity contribution in [1.29, 1.82) is 0 Å². The normalized spacial score (nSPS) is 11.9. The first-order valence-corrected chi connectivity index (χ1v) is 7.15. The first kappa shape index (κ1) is 15.1. The van der Waals surface area contributed by atoms with E-state index >= 15 is 0 Å². The molecule has 1 atom stereocenters. The van der Waals surface area contributed by atoms with Crippen molar-refractivity contribution < 1.29 is 14.6 Å². The van der Waals surface area contributed by atoms with Crippen LogP contribution in [0.15, 0.2) is 48.5 Å². The highest BCUT2D eigenvalue weighted by atomic mass is 16.5. The number of aromatic carboxylic acids is 1. The van der Waals surface area contributed by atoms with Crippen molar-refractivity contribution >= 4 is 5.97 Å². The van der Waals surface area contributed by atoms with Crippen molar-refractivity contribution in [3.63, 3.8) is 0 Å². The van der Waals surface area contributed by atoms with Gasteiger partial charge in [-0.05, 0) is 47.7 Å². The lowest BCUT2D eigenvalue weighted by Gasteiger charge is -2.11. The zero-order chi connectivity index (χ0) is 15.2. The Morgan fingerprint density at radius 1 is 1.10 bits per heavy atom. The molecule has 0 fully saturated rings. The number of carboxylic acids is 1. The van der Waals surface area contributed by atoms with Crippen LogP contribution in [0.4, 0.5) is 0 Å². The van der Waals surface area contributed by atoms with Gasteiger partial charge in [0.25, 0.3) is 0 Å². The van der Waals surface area contributed by atoms with Crippen molar-refractivity contribution in [3.05, 3.63) is 65.2 Å². The van der Waals surface area contributed by atoms with Crippen LogP contribution in [0.25, 0.3) is 0 Å². The van der Waals surface area contributed by atoms with Crippen LogP contribution in [0.2, 0.25) is 0 Å². The summed E-state index contributed by atoms with van der Waals surface area (Å²) in [6.07, 6.45) is 1.12. The predicted octanol–water partition coefficient (Wildman–Crippen LogP) is 4.48. The van der Waals surface area contributed by atoms with Crippen LogP contribution >= 0.6 is 0 Å². The van der Waals surface area contributed by atoms with Crippen LogP contribution in [0.5, 0.6) is 5.75 Å². The number of rotatable bonds is 6. The summed E-state index contributed by atoms with van der Waals surface area (Å²) in [4.78, 5) is 10.8. The summed E-state index contributed by atoms with van der Waals surface area (Å²) in [5.74, 6) is 0.468. The van der Waals surface area contributed by atoms with Crippen LogP contribution in [0.3, 0.4) is 0 Å². The molecule has 3 heteroatoms. The molecule has 0 saturated heterocycles. The van der Waals surface area contributed by atoms with Gasteiger partial charge < -0.3 is 9.84 Å². The maximum absolute atomic E-state index is 10.8. The summed E-state index contributed by atoms with van der Waals surface area (Å²) in [6, 6.07) is 14.9. The Morgan fingerprint density at radius 2 is 1.71 bits per heavy atom. The van der Waals surface area contributed by atoms with Crippen molar-refractivity contribution in [3.8, 4) is 5.75 Å². The van der Waals surface area contributed by atoms with Gasteiger partial charge in [0, 0.05) is 0 Å². The number of benzene rings is 2. The Kier molecular flexibility index (Phi) is 4.99. The fourth-order valence-corrected chi connectivity index (χ4v) is 2.04. The van der Waals surface area contributed by atoms with E-state index in [4.69, 9.17) is 9.84 Å². The highest BCUT2D eigenvalue weighted by molar-refractivity contribution is 5.87. The maximum Gasteiger partial charge on any atom is 0.335 e. The molecule has 0 saturated carbocycles. The molecule has 3 nitrogen and oxygen atoms in total. The fourth-order valence-electron chi connectivity index (χ4n) is 2.04. The van der Waals surface area contributed by atoms with E-state index in [0.717, 1.165) is 17.7 Å². The summed E-state index contributed by atoms with van der Waals surface area (Å²) in [7, 11) is 0. The topological polar surface area (TPSA) is 46.5 Å². The SMILES string of the molecule is CCC(C)c1ccc(OCc2ccc(C(=O)O)cc2)cc1. The maximum atomic E-state index is 10.8. The minimum Gasteiger partial charge on any atom is -0.489 e. The van der Waals surface area contributed by atoms with E-state index in [-0.39, 0.29) is 5.56 Å². The van der Waals surface area contributed by atoms with Crippen molar-refractivity contribution in [2.45, 2.75) is 32.8 Å². The Labute approximate surface area is 125 Å². The summed E-state index contributed by atoms with van der Waals surface area (Å²) in [5.41, 5.74) is 2.55. The van der Waals surface area contributed by atoms with Gasteiger partial charge in [-0.3, -0.25) is 0 Å². The predicted molar refractivity (Wildman–Crippen MR) is 82.9 cm³/mol. The van der Waals surface area contributed by atoms with Gasteiger partial charge in [-0.15, -0.1) is 0 Å². The molecule has 0 heterocycles. The van der Waals surface area contributed by atoms with Crippen molar-refractivity contribution in [2.24, 2.45) is 0 Å². The van der Waals surface area contributed by atoms with Gasteiger partial charge in [-0.2, -0.15) is 0 Å². The summed E-state index contributed by atoms with van der Waals surface area (Å²) in [6.45, 7) is 4.82. The zero-order valence-electron chi connectivity index (χ0n) is 12.4. The van der Waals surface area contributed by atoms with Crippen molar-refractivity contribution in [2.75, 3.05) is 0 Å². The third-order valence-electron chi connectivity index (χ3n) is 3.67. The summed E-state index contributed by atoms with van der Waals surface area (Å²) >= 11 is 0. The number of carboxylic acid groups (broad SMARTS) is 1. The smallest absolute Gasteiger partial charge is 0.335 e. The molecule has 0 aliphatic carbocycles. The Bertz CT molecular complexity index is 585. The van der Waals surface area contributed by atoms with Gasteiger partial charge in [0.15, 0.2) is 0 Å². The third-order valence-corrected chi connectivity index (χ3v) is 3.67. The molecule has 0 aliphatic rings. The second-order valence-corrected chi connectivity index (χ2v) is 5.17. The van der Waals surface area contributed by atoms with Crippen LogP contribution in [0, 0.1) is 0 Å². The summed E-state index contributed by atoms with van der Waals surface area (Å²) in [5, 5.41) is 8.84. The van der Waals surface area contributed by atoms with E-state index in [1.54, 1.807) is 24.3 Å². The molecule has 2 rings (SSSR count). The average Bonchev–Trinajstić information content (AvgIpc) is 2.53. The van der Waals surface area contributed by atoms with Crippen LogP contribution < -0.4 is 4.74 Å². The van der Waals surface area contributed by atoms with E-state index in [1.165, 1.54) is 5.56 Å². The van der Waals surface area contributed by atoms with E-state index in [1.807, 2.05) is 12.1 Å². The minimum atomic E-state index is -0.914. The monoisotopic (exact) mass is 284 g/mol. The average molecular weight is 284 g/mol. The third kappa shape index (κ3) is 4.09.